The fraction of sp³-hybridized carbons (Fsp3) is 0.217. The highest BCUT2D eigenvalue weighted by molar-refractivity contribution is 5.80. The Morgan fingerprint density at radius 3 is 2.52 bits per heavy atom. The molecule has 2 aliphatic heterocycles. The quantitative estimate of drug-likeness (QED) is 0.647. The van der Waals surface area contributed by atoms with E-state index in [0.717, 1.165) is 35.4 Å². The molecule has 0 radical (unpaired) electrons. The Kier molecular flexibility index (Phi) is 4.09. The number of aryl methyl sites for hydroxylation is 1. The lowest BCUT2D eigenvalue weighted by Crippen LogP contribution is -2.44. The van der Waals surface area contributed by atoms with Gasteiger partial charge in [0.05, 0.1) is 19.8 Å². The van der Waals surface area contributed by atoms with Gasteiger partial charge in [-0.3, -0.25) is 5.73 Å². The molecule has 2 aliphatic rings. The summed E-state index contributed by atoms with van der Waals surface area (Å²) in [7, 11) is 0. The van der Waals surface area contributed by atoms with Crippen LogP contribution >= 0.6 is 0 Å². The lowest BCUT2D eigenvalue weighted by atomic mass is 9.92. The first-order chi connectivity index (χ1) is 14.2. The number of pyridine rings is 1. The number of ether oxygens (including phenoxy) is 2. The Bertz CT molecular complexity index is 1180. The summed E-state index contributed by atoms with van der Waals surface area (Å²) in [6.07, 6.45) is 1.60. The largest absolute Gasteiger partial charge is 0.490 e. The van der Waals surface area contributed by atoms with E-state index in [1.807, 2.05) is 22.8 Å². The van der Waals surface area contributed by atoms with E-state index >= 15 is 0 Å². The van der Waals surface area contributed by atoms with Gasteiger partial charge < -0.3 is 9.47 Å². The van der Waals surface area contributed by atoms with Crippen LogP contribution in [-0.4, -0.2) is 13.2 Å². The zero-order valence-corrected chi connectivity index (χ0v) is 15.7. The van der Waals surface area contributed by atoms with E-state index in [-0.39, 0.29) is 11.4 Å². The highest BCUT2D eigenvalue weighted by atomic mass is 19.1. The number of nitriles is 1. The minimum absolute atomic E-state index is 0.289. The molecule has 0 bridgehead atoms. The van der Waals surface area contributed by atoms with Gasteiger partial charge in [0.2, 0.25) is 0 Å². The minimum Gasteiger partial charge on any atom is -0.490 e. The number of hydrogen-bond donors (Lipinski definition) is 1. The second-order valence-electron chi connectivity index (χ2n) is 7.20. The molecule has 0 aliphatic carbocycles. The predicted molar refractivity (Wildman–Crippen MR) is 106 cm³/mol. The van der Waals surface area contributed by atoms with Crippen LogP contribution < -0.4 is 19.8 Å². The van der Waals surface area contributed by atoms with Crippen LogP contribution in [0.15, 0.2) is 42.5 Å². The third kappa shape index (κ3) is 2.78. The summed E-state index contributed by atoms with van der Waals surface area (Å²) in [4.78, 5) is 0. The Balaban J connectivity index is 1.76. The topological polar surface area (TPSA) is 72.2 Å². The van der Waals surface area contributed by atoms with Crippen molar-refractivity contribution in [2.45, 2.75) is 19.4 Å². The molecule has 0 saturated heterocycles. The van der Waals surface area contributed by atoms with Crippen molar-refractivity contribution in [1.82, 2.24) is 0 Å². The van der Waals surface area contributed by atoms with E-state index < -0.39 is 0 Å². The van der Waals surface area contributed by atoms with Crippen molar-refractivity contribution < 1.29 is 18.4 Å². The lowest BCUT2D eigenvalue weighted by molar-refractivity contribution is -0.673. The molecule has 0 fully saturated rings. The third-order valence-electron chi connectivity index (χ3n) is 5.52. The Morgan fingerprint density at radius 1 is 1.00 bits per heavy atom. The predicted octanol–water partition coefficient (Wildman–Crippen LogP) is 3.62. The van der Waals surface area contributed by atoms with Crippen LogP contribution in [-0.2, 0) is 13.0 Å². The van der Waals surface area contributed by atoms with Crippen LogP contribution in [0.1, 0.15) is 17.5 Å². The maximum atomic E-state index is 14.5. The Morgan fingerprint density at radius 2 is 1.76 bits per heavy atom. The molecule has 0 amide bonds. The number of anilines is 1. The van der Waals surface area contributed by atoms with Crippen molar-refractivity contribution in [2.75, 3.05) is 18.9 Å². The Hall–Kier alpha value is -3.59. The van der Waals surface area contributed by atoms with Crippen LogP contribution in [0.5, 0.6) is 11.5 Å². The normalized spacial score (nSPS) is 14.3. The van der Waals surface area contributed by atoms with Crippen LogP contribution in [0.3, 0.4) is 0 Å². The molecule has 29 heavy (non-hydrogen) atoms. The van der Waals surface area contributed by atoms with Gasteiger partial charge in [0, 0.05) is 29.5 Å². The molecule has 5 rings (SSSR count). The summed E-state index contributed by atoms with van der Waals surface area (Å²) < 4.78 is 28.1. The molecule has 1 aromatic heterocycles. The van der Waals surface area contributed by atoms with E-state index in [1.54, 1.807) is 18.2 Å². The summed E-state index contributed by atoms with van der Waals surface area (Å²) >= 11 is 0. The first kappa shape index (κ1) is 17.5. The van der Waals surface area contributed by atoms with E-state index in [4.69, 9.17) is 15.2 Å². The lowest BCUT2D eigenvalue weighted by Gasteiger charge is -2.22. The second kappa shape index (κ2) is 6.78. The molecule has 0 unspecified atom stereocenters. The molecule has 5 nitrogen and oxygen atoms in total. The summed E-state index contributed by atoms with van der Waals surface area (Å²) in [5.41, 5.74) is 10.5. The van der Waals surface area contributed by atoms with Gasteiger partial charge in [0.25, 0.3) is 5.82 Å². The van der Waals surface area contributed by atoms with Gasteiger partial charge in [-0.2, -0.15) is 5.26 Å². The van der Waals surface area contributed by atoms with Crippen molar-refractivity contribution in [3.05, 3.63) is 59.4 Å². The van der Waals surface area contributed by atoms with Crippen molar-refractivity contribution in [2.24, 2.45) is 0 Å². The summed E-state index contributed by atoms with van der Waals surface area (Å²) in [6.45, 7) is 1.87. The summed E-state index contributed by atoms with van der Waals surface area (Å²) in [6, 6.07) is 14.4. The molecule has 2 N–H and O–H groups in total. The molecule has 0 spiro atoms. The maximum Gasteiger partial charge on any atom is 0.291 e. The van der Waals surface area contributed by atoms with E-state index in [2.05, 4.69) is 6.07 Å². The van der Waals surface area contributed by atoms with E-state index in [1.165, 1.54) is 6.07 Å². The van der Waals surface area contributed by atoms with Gasteiger partial charge in [-0.05, 0) is 29.8 Å². The maximum absolute atomic E-state index is 14.5. The second-order valence-corrected chi connectivity index (χ2v) is 7.20. The van der Waals surface area contributed by atoms with Crippen molar-refractivity contribution in [3.63, 3.8) is 0 Å². The molecule has 3 heterocycles. The smallest absolute Gasteiger partial charge is 0.291 e. The summed E-state index contributed by atoms with van der Waals surface area (Å²) in [5, 5.41) is 9.74. The van der Waals surface area contributed by atoms with Crippen molar-refractivity contribution in [1.29, 1.82) is 5.26 Å². The first-order valence-corrected chi connectivity index (χ1v) is 9.61. The molecular weight excluding hydrogens is 369 g/mol. The fourth-order valence-corrected chi connectivity index (χ4v) is 4.09. The number of fused-ring (bicyclic) bond motifs is 4. The van der Waals surface area contributed by atoms with Gasteiger partial charge in [-0.1, -0.05) is 18.2 Å². The molecule has 0 atom stereocenters. The zero-order chi connectivity index (χ0) is 20.0. The van der Waals surface area contributed by atoms with Crippen molar-refractivity contribution >= 4 is 5.82 Å². The Labute approximate surface area is 167 Å². The third-order valence-corrected chi connectivity index (χ3v) is 5.52. The highest BCUT2D eigenvalue weighted by Crippen LogP contribution is 2.40. The molecule has 3 aromatic rings. The molecule has 0 saturated carbocycles. The van der Waals surface area contributed by atoms with Crippen LogP contribution in [0.2, 0.25) is 0 Å². The first-order valence-electron chi connectivity index (χ1n) is 9.61. The monoisotopic (exact) mass is 388 g/mol. The summed E-state index contributed by atoms with van der Waals surface area (Å²) in [5.74, 6) is 1.42. The number of rotatable bonds is 1. The minimum atomic E-state index is -0.386. The van der Waals surface area contributed by atoms with E-state index in [9.17, 15) is 9.65 Å². The van der Waals surface area contributed by atoms with Crippen LogP contribution in [0.25, 0.3) is 22.4 Å². The van der Waals surface area contributed by atoms with Crippen LogP contribution in [0, 0.1) is 17.1 Å². The average molecular weight is 388 g/mol. The standard InChI is InChI=1S/C23H18FN3O2/c24-19-5-2-1-4-15(19)17-11-20-16-12-22-21(28-8-3-9-29-22)10-14(16)6-7-27(20)23(26)18(17)13-25/h1-2,4-5,10-12,26H,3,6-9H2/p+1. The van der Waals surface area contributed by atoms with Gasteiger partial charge in [-0.25, -0.2) is 8.96 Å². The van der Waals surface area contributed by atoms with Gasteiger partial charge in [-0.15, -0.1) is 0 Å². The zero-order valence-electron chi connectivity index (χ0n) is 15.7. The number of nitrogens with zero attached hydrogens (tertiary/aromatic N) is 2. The number of hydrogen-bond acceptors (Lipinski definition) is 4. The number of benzene rings is 2. The molecular formula is C23H19FN3O2+. The molecule has 144 valence electrons. The number of nitrogens with two attached hydrogens (primary N) is 1. The molecule has 2 aromatic carbocycles. The van der Waals surface area contributed by atoms with Gasteiger partial charge in [0.1, 0.15) is 23.1 Å². The molecule has 6 heteroatoms. The fourth-order valence-electron chi connectivity index (χ4n) is 4.09. The van der Waals surface area contributed by atoms with E-state index in [0.29, 0.717) is 42.5 Å². The SMILES string of the molecule is N#Cc1c(-c2ccccc2F)cc2[n+](c1N)CCc1cc3c(cc1-2)OCCCO3. The van der Waals surface area contributed by atoms with Gasteiger partial charge in [0.15, 0.2) is 11.5 Å². The van der Waals surface area contributed by atoms with Gasteiger partial charge >= 0.3 is 0 Å². The number of nitrogen functional groups attached to an aromatic ring is 1. The number of aromatic nitrogens is 1. The van der Waals surface area contributed by atoms with Crippen molar-refractivity contribution in [3.8, 4) is 40.0 Å². The average Bonchev–Trinajstić information content (AvgIpc) is 2.97. The number of halogens is 1. The van der Waals surface area contributed by atoms with Crippen LogP contribution in [0.4, 0.5) is 10.2 Å². The highest BCUT2D eigenvalue weighted by Gasteiger charge is 2.29.